The van der Waals surface area contributed by atoms with E-state index in [1.54, 1.807) is 16.8 Å². The molecule has 0 atom stereocenters. The predicted molar refractivity (Wildman–Crippen MR) is 150 cm³/mol. The lowest BCUT2D eigenvalue weighted by Gasteiger charge is -2.31. The van der Waals surface area contributed by atoms with Gasteiger partial charge in [-0.15, -0.1) is 0 Å². The van der Waals surface area contributed by atoms with E-state index in [0.29, 0.717) is 16.3 Å². The number of benzene rings is 3. The Kier molecular flexibility index (Phi) is 5.88. The Hall–Kier alpha value is -4.18. The predicted octanol–water partition coefficient (Wildman–Crippen LogP) is 5.45. The SMILES string of the molecule is Cc1cc(N2CCNCC2)c(C#N)cc1-n1c(=O)ccc2cnc3ccc(-c4ccc(Cl)cc4)cc3c21. The summed E-state index contributed by atoms with van der Waals surface area (Å²) in [4.78, 5) is 20.3. The minimum absolute atomic E-state index is 0.154. The van der Waals surface area contributed by atoms with Crippen LogP contribution in [0.3, 0.4) is 0 Å². The van der Waals surface area contributed by atoms with E-state index < -0.39 is 0 Å². The Labute approximate surface area is 219 Å². The van der Waals surface area contributed by atoms with Gasteiger partial charge in [0.05, 0.1) is 28.0 Å². The van der Waals surface area contributed by atoms with Crippen LogP contribution in [0.2, 0.25) is 5.02 Å². The Morgan fingerprint density at radius 3 is 2.46 bits per heavy atom. The van der Waals surface area contributed by atoms with Gasteiger partial charge in [0, 0.05) is 54.2 Å². The highest BCUT2D eigenvalue weighted by molar-refractivity contribution is 6.30. The number of nitrogens with one attached hydrogen (secondary N) is 1. The van der Waals surface area contributed by atoms with Crippen LogP contribution in [0.5, 0.6) is 0 Å². The van der Waals surface area contributed by atoms with Crippen molar-refractivity contribution < 1.29 is 0 Å². The molecule has 2 aromatic heterocycles. The van der Waals surface area contributed by atoms with Crippen LogP contribution in [0.4, 0.5) is 5.69 Å². The van der Waals surface area contributed by atoms with E-state index in [1.165, 1.54) is 0 Å². The van der Waals surface area contributed by atoms with Crippen LogP contribution < -0.4 is 15.8 Å². The highest BCUT2D eigenvalue weighted by atomic mass is 35.5. The minimum atomic E-state index is -0.154. The maximum Gasteiger partial charge on any atom is 0.255 e. The van der Waals surface area contributed by atoms with E-state index in [0.717, 1.165) is 70.4 Å². The van der Waals surface area contributed by atoms with Crippen LogP contribution in [0.25, 0.3) is 38.6 Å². The van der Waals surface area contributed by atoms with Gasteiger partial charge in [-0.2, -0.15) is 5.26 Å². The van der Waals surface area contributed by atoms with Crippen LogP contribution in [0.1, 0.15) is 11.1 Å². The number of nitriles is 1. The molecular weight excluding hydrogens is 482 g/mol. The van der Waals surface area contributed by atoms with Crippen molar-refractivity contribution in [1.29, 1.82) is 5.26 Å². The van der Waals surface area contributed by atoms with Crippen molar-refractivity contribution in [3.63, 3.8) is 0 Å². The topological polar surface area (TPSA) is 74.0 Å². The largest absolute Gasteiger partial charge is 0.368 e. The van der Waals surface area contributed by atoms with Crippen molar-refractivity contribution in [2.45, 2.75) is 6.92 Å². The first-order valence-electron chi connectivity index (χ1n) is 12.2. The first-order valence-corrected chi connectivity index (χ1v) is 12.6. The lowest BCUT2D eigenvalue weighted by molar-refractivity contribution is 0.589. The number of halogens is 1. The van der Waals surface area contributed by atoms with Gasteiger partial charge in [0.2, 0.25) is 0 Å². The van der Waals surface area contributed by atoms with Gasteiger partial charge >= 0.3 is 0 Å². The second kappa shape index (κ2) is 9.36. The van der Waals surface area contributed by atoms with Crippen molar-refractivity contribution in [1.82, 2.24) is 14.9 Å². The molecule has 1 aliphatic heterocycles. The molecule has 3 aromatic carbocycles. The molecule has 1 fully saturated rings. The fourth-order valence-corrected chi connectivity index (χ4v) is 5.28. The molecule has 7 heteroatoms. The second-order valence-electron chi connectivity index (χ2n) is 9.31. The number of rotatable bonds is 3. The van der Waals surface area contributed by atoms with Gasteiger partial charge in [0.1, 0.15) is 6.07 Å². The molecule has 1 N–H and O–H groups in total. The summed E-state index contributed by atoms with van der Waals surface area (Å²) in [5, 5.41) is 15.8. The summed E-state index contributed by atoms with van der Waals surface area (Å²) in [6.45, 7) is 5.43. The van der Waals surface area contributed by atoms with Gasteiger partial charge in [-0.25, -0.2) is 0 Å². The summed E-state index contributed by atoms with van der Waals surface area (Å²) in [5.41, 5.74) is 6.55. The van der Waals surface area contributed by atoms with E-state index in [-0.39, 0.29) is 5.56 Å². The van der Waals surface area contributed by atoms with Crippen LogP contribution in [0.15, 0.2) is 77.7 Å². The number of piperazine rings is 1. The number of fused-ring (bicyclic) bond motifs is 3. The zero-order valence-electron chi connectivity index (χ0n) is 20.3. The first-order chi connectivity index (χ1) is 18.0. The number of aryl methyl sites for hydroxylation is 1. The fraction of sp³-hybridized carbons (Fsp3) is 0.167. The normalized spacial score (nSPS) is 13.7. The average molecular weight is 506 g/mol. The summed E-state index contributed by atoms with van der Waals surface area (Å²) in [6, 6.07) is 23.4. The number of aromatic nitrogens is 2. The smallest absolute Gasteiger partial charge is 0.255 e. The lowest BCUT2D eigenvalue weighted by atomic mass is 10.0. The third-order valence-corrected chi connectivity index (χ3v) is 7.28. The van der Waals surface area contributed by atoms with Crippen LogP contribution >= 0.6 is 11.6 Å². The van der Waals surface area contributed by atoms with Crippen molar-refractivity contribution in [2.75, 3.05) is 31.1 Å². The summed E-state index contributed by atoms with van der Waals surface area (Å²) in [5.74, 6) is 0. The molecule has 0 aliphatic carbocycles. The lowest BCUT2D eigenvalue weighted by Crippen LogP contribution is -2.43. The highest BCUT2D eigenvalue weighted by Crippen LogP contribution is 2.32. The van der Waals surface area contributed by atoms with Crippen molar-refractivity contribution in [3.8, 4) is 22.9 Å². The standard InChI is InChI=1S/C30H24ClN5O/c1-19-14-28(35-12-10-33-11-13-35)23(17-32)16-27(19)36-29(37)9-5-22-18-34-26-8-4-21(15-25(26)30(22)36)20-2-6-24(31)7-3-20/h2-9,14-16,18,33H,10-13H2,1H3. The molecule has 0 bridgehead atoms. The highest BCUT2D eigenvalue weighted by Gasteiger charge is 2.19. The molecule has 0 unspecified atom stereocenters. The van der Waals surface area contributed by atoms with Gasteiger partial charge in [-0.1, -0.05) is 29.8 Å². The minimum Gasteiger partial charge on any atom is -0.368 e. The summed E-state index contributed by atoms with van der Waals surface area (Å²) in [7, 11) is 0. The van der Waals surface area contributed by atoms with E-state index in [9.17, 15) is 10.1 Å². The Balaban J connectivity index is 1.61. The van der Waals surface area contributed by atoms with Gasteiger partial charge in [0.15, 0.2) is 0 Å². The molecule has 1 aliphatic rings. The van der Waals surface area contributed by atoms with E-state index in [4.69, 9.17) is 11.6 Å². The van der Waals surface area contributed by atoms with Crippen molar-refractivity contribution in [2.24, 2.45) is 0 Å². The van der Waals surface area contributed by atoms with E-state index in [1.807, 2.05) is 61.5 Å². The van der Waals surface area contributed by atoms with Gasteiger partial charge in [-0.05, 0) is 66.1 Å². The molecule has 0 amide bonds. The molecule has 0 saturated carbocycles. The molecule has 6 rings (SSSR count). The quantitative estimate of drug-likeness (QED) is 0.330. The van der Waals surface area contributed by atoms with Crippen molar-refractivity contribution in [3.05, 3.63) is 99.4 Å². The van der Waals surface area contributed by atoms with Gasteiger partial charge in [-0.3, -0.25) is 14.3 Å². The first kappa shape index (κ1) is 23.2. The third kappa shape index (κ3) is 4.13. The van der Waals surface area contributed by atoms with Gasteiger partial charge < -0.3 is 10.2 Å². The molecule has 0 spiro atoms. The molecular formula is C30H24ClN5O. The van der Waals surface area contributed by atoms with Crippen LogP contribution in [-0.2, 0) is 0 Å². The number of hydrogen-bond donors (Lipinski definition) is 1. The zero-order valence-corrected chi connectivity index (χ0v) is 21.1. The Morgan fingerprint density at radius 2 is 1.70 bits per heavy atom. The van der Waals surface area contributed by atoms with Crippen LogP contribution in [0, 0.1) is 18.3 Å². The zero-order chi connectivity index (χ0) is 25.5. The third-order valence-electron chi connectivity index (χ3n) is 7.03. The molecule has 182 valence electrons. The van der Waals surface area contributed by atoms with Crippen LogP contribution in [-0.4, -0.2) is 35.7 Å². The summed E-state index contributed by atoms with van der Waals surface area (Å²) >= 11 is 6.10. The number of hydrogen-bond acceptors (Lipinski definition) is 5. The van der Waals surface area contributed by atoms with E-state index in [2.05, 4.69) is 27.3 Å². The maximum atomic E-state index is 13.4. The molecule has 5 aromatic rings. The molecule has 6 nitrogen and oxygen atoms in total. The number of anilines is 1. The Morgan fingerprint density at radius 1 is 0.946 bits per heavy atom. The van der Waals surface area contributed by atoms with Gasteiger partial charge in [0.25, 0.3) is 5.56 Å². The molecule has 1 saturated heterocycles. The number of pyridine rings is 2. The molecule has 0 radical (unpaired) electrons. The van der Waals surface area contributed by atoms with E-state index >= 15 is 0 Å². The maximum absolute atomic E-state index is 13.4. The molecule has 37 heavy (non-hydrogen) atoms. The average Bonchev–Trinajstić information content (AvgIpc) is 2.93. The number of nitrogens with zero attached hydrogens (tertiary/aromatic N) is 4. The monoisotopic (exact) mass is 505 g/mol. The fourth-order valence-electron chi connectivity index (χ4n) is 5.15. The molecule has 3 heterocycles. The van der Waals surface area contributed by atoms with Crippen molar-refractivity contribution >= 4 is 39.1 Å². The summed E-state index contributed by atoms with van der Waals surface area (Å²) in [6.07, 6.45) is 1.80. The summed E-state index contributed by atoms with van der Waals surface area (Å²) < 4.78 is 1.72. The second-order valence-corrected chi connectivity index (χ2v) is 9.75. The Bertz CT molecular complexity index is 1760.